The maximum absolute atomic E-state index is 13.8. The van der Waals surface area contributed by atoms with E-state index in [9.17, 15) is 61.1 Å². The largest absolute Gasteiger partial charge is 0.460 e. The van der Waals surface area contributed by atoms with Gasteiger partial charge in [-0.25, -0.2) is 16.8 Å². The highest BCUT2D eigenvalue weighted by Gasteiger charge is 2.85. The quantitative estimate of drug-likeness (QED) is 0.528. The van der Waals surface area contributed by atoms with Gasteiger partial charge in [0, 0.05) is 11.8 Å². The molecule has 2 bridgehead atoms. The molecule has 0 radical (unpaired) electrons. The molecule has 2 unspecified atom stereocenters. The van der Waals surface area contributed by atoms with Gasteiger partial charge < -0.3 is 0 Å². The fraction of sp³-hybridized carbons (Fsp3) is 0.929. The van der Waals surface area contributed by atoms with Crippen LogP contribution in [0.2, 0.25) is 0 Å². The molecule has 0 aromatic heterocycles. The van der Waals surface area contributed by atoms with Gasteiger partial charge in [-0.05, 0) is 24.2 Å². The Morgan fingerprint density at radius 2 is 1.42 bits per heavy atom. The van der Waals surface area contributed by atoms with E-state index >= 15 is 0 Å². The van der Waals surface area contributed by atoms with Crippen molar-refractivity contribution in [2.75, 3.05) is 5.75 Å². The topological polar surface area (TPSA) is 97.4 Å². The van der Waals surface area contributed by atoms with Crippen molar-refractivity contribution in [1.29, 1.82) is 0 Å². The van der Waals surface area contributed by atoms with Crippen LogP contribution < -0.4 is 4.13 Å². The smallest absolute Gasteiger partial charge is 0.299 e. The molecule has 2 aliphatic carbocycles. The first kappa shape index (κ1) is 26.2. The normalized spacial score (nSPS) is 27.7. The fourth-order valence-corrected chi connectivity index (χ4v) is 7.99. The number of sulfonamides is 2. The zero-order chi connectivity index (χ0) is 24.7. The molecule has 1 N–H and O–H groups in total. The van der Waals surface area contributed by atoms with Gasteiger partial charge in [0.1, 0.15) is 5.78 Å². The predicted octanol–water partition coefficient (Wildman–Crippen LogP) is 3.06. The highest BCUT2D eigenvalue weighted by molar-refractivity contribution is 8.05. The molecule has 2 fully saturated rings. The van der Waals surface area contributed by atoms with Crippen molar-refractivity contribution in [2.45, 2.75) is 56.4 Å². The summed E-state index contributed by atoms with van der Waals surface area (Å²) in [5.41, 5.74) is -2.83. The maximum Gasteiger partial charge on any atom is 0.460 e. The van der Waals surface area contributed by atoms with Crippen LogP contribution in [0.5, 0.6) is 0 Å². The number of nitrogens with one attached hydrogen (secondary N) is 1. The summed E-state index contributed by atoms with van der Waals surface area (Å²) in [5.74, 6) is -17.5. The average Bonchev–Trinajstić information content (AvgIpc) is 2.85. The number of hydrogen-bond acceptors (Lipinski definition) is 5. The lowest BCUT2D eigenvalue weighted by atomic mass is 9.70. The average molecular weight is 513 g/mol. The van der Waals surface area contributed by atoms with Crippen LogP contribution in [0.3, 0.4) is 0 Å². The lowest BCUT2D eigenvalue weighted by Gasteiger charge is -2.36. The third-order valence-electron chi connectivity index (χ3n) is 6.27. The first-order valence-corrected chi connectivity index (χ1v) is 11.5. The Morgan fingerprint density at radius 1 is 0.935 bits per heavy atom. The Bertz CT molecular complexity index is 988. The minimum atomic E-state index is -7.57. The highest BCUT2D eigenvalue weighted by atomic mass is 32.3. The Hall–Kier alpha value is -1.10. The summed E-state index contributed by atoms with van der Waals surface area (Å²) in [6, 6.07) is 0. The van der Waals surface area contributed by atoms with Gasteiger partial charge >= 0.3 is 23.3 Å². The molecule has 31 heavy (non-hydrogen) atoms. The van der Waals surface area contributed by atoms with Crippen molar-refractivity contribution in [3.63, 3.8) is 0 Å². The van der Waals surface area contributed by atoms with Crippen molar-refractivity contribution < 1.29 is 61.1 Å². The Morgan fingerprint density at radius 3 is 1.77 bits per heavy atom. The Balaban J connectivity index is 2.42. The molecule has 6 nitrogen and oxygen atoms in total. The SMILES string of the molecule is CC1(C)C2CCC1(CS(=O)(=O)NS(=O)(=O)C(F)(F)C(F)(F)C(F)(F)C(F)(F)F)C(=O)C2. The molecule has 17 heteroatoms. The van der Waals surface area contributed by atoms with Gasteiger partial charge in [-0.3, -0.25) is 4.79 Å². The molecule has 0 aromatic rings. The van der Waals surface area contributed by atoms with E-state index in [1.165, 1.54) is 13.8 Å². The summed E-state index contributed by atoms with van der Waals surface area (Å²) in [5, 5.41) is -7.20. The van der Waals surface area contributed by atoms with Gasteiger partial charge in [-0.1, -0.05) is 13.8 Å². The molecular formula is C14H16F9NO5S2. The van der Waals surface area contributed by atoms with Crippen molar-refractivity contribution >= 4 is 25.8 Å². The van der Waals surface area contributed by atoms with E-state index in [1.54, 1.807) is 0 Å². The number of alkyl halides is 9. The van der Waals surface area contributed by atoms with Gasteiger partial charge in [0.15, 0.2) is 0 Å². The standard InChI is InChI=1S/C14H16F9NO5S2/c1-9(2)7-3-4-10(9,8(25)5-7)6-30(26,27)24-31(28,29)14(22,23)12(17,18)11(15,16)13(19,20)21/h7,24H,3-6H2,1-2H3. The summed E-state index contributed by atoms with van der Waals surface area (Å²) in [6.45, 7) is 2.90. The second-order valence-corrected chi connectivity index (χ2v) is 11.9. The molecule has 2 aliphatic rings. The van der Waals surface area contributed by atoms with Gasteiger partial charge in [0.05, 0.1) is 5.75 Å². The Labute approximate surface area is 170 Å². The van der Waals surface area contributed by atoms with E-state index in [4.69, 9.17) is 0 Å². The molecule has 0 heterocycles. The predicted molar refractivity (Wildman–Crippen MR) is 85.3 cm³/mol. The number of hydrogen-bond donors (Lipinski definition) is 1. The number of halogens is 9. The van der Waals surface area contributed by atoms with Crippen molar-refractivity contribution in [3.05, 3.63) is 0 Å². The Kier molecular flexibility index (Phi) is 5.66. The second-order valence-electron chi connectivity index (χ2n) is 8.18. The molecule has 182 valence electrons. The first-order chi connectivity index (χ1) is 13.4. The summed E-state index contributed by atoms with van der Waals surface area (Å²) in [7, 11) is -12.9. The second kappa shape index (κ2) is 6.71. The molecule has 0 amide bonds. The van der Waals surface area contributed by atoms with Gasteiger partial charge in [-0.2, -0.15) is 39.5 Å². The fourth-order valence-electron chi connectivity index (χ4n) is 4.21. The minimum Gasteiger partial charge on any atom is -0.299 e. The third kappa shape index (κ3) is 3.45. The van der Waals surface area contributed by atoms with Crippen LogP contribution in [0.4, 0.5) is 39.5 Å². The molecular weight excluding hydrogens is 497 g/mol. The number of carbonyl (C=O) groups is 1. The summed E-state index contributed by atoms with van der Waals surface area (Å²) < 4.78 is 164. The van der Waals surface area contributed by atoms with Gasteiger partial charge in [0.25, 0.3) is 10.0 Å². The number of fused-ring (bicyclic) bond motifs is 2. The van der Waals surface area contributed by atoms with E-state index in [0.717, 1.165) is 0 Å². The van der Waals surface area contributed by atoms with E-state index in [-0.39, 0.29) is 22.9 Å². The van der Waals surface area contributed by atoms with Crippen LogP contribution in [0.15, 0.2) is 0 Å². The number of ketones is 1. The van der Waals surface area contributed by atoms with Gasteiger partial charge in [-0.15, -0.1) is 4.13 Å². The van der Waals surface area contributed by atoms with Crippen molar-refractivity contribution in [3.8, 4) is 0 Å². The van der Waals surface area contributed by atoms with Crippen molar-refractivity contribution in [2.24, 2.45) is 16.7 Å². The summed E-state index contributed by atoms with van der Waals surface area (Å²) >= 11 is 0. The minimum absolute atomic E-state index is 0.108. The molecule has 2 saturated carbocycles. The number of carbonyl (C=O) groups excluding carboxylic acids is 1. The molecule has 0 aliphatic heterocycles. The molecule has 0 spiro atoms. The van der Waals surface area contributed by atoms with Crippen molar-refractivity contribution in [1.82, 2.24) is 4.13 Å². The highest BCUT2D eigenvalue weighted by Crippen LogP contribution is 2.64. The monoisotopic (exact) mass is 513 g/mol. The van der Waals surface area contributed by atoms with Crippen LogP contribution in [-0.4, -0.2) is 51.6 Å². The molecule has 0 saturated heterocycles. The van der Waals surface area contributed by atoms with E-state index < -0.39 is 65.7 Å². The van der Waals surface area contributed by atoms with Crippen LogP contribution in [0, 0.1) is 16.7 Å². The number of Topliss-reactive ketones (excluding diaryl/α,β-unsaturated/α-hetero) is 1. The summed E-state index contributed by atoms with van der Waals surface area (Å²) in [4.78, 5) is 12.3. The lowest BCUT2D eigenvalue weighted by Crippen LogP contribution is -2.65. The van der Waals surface area contributed by atoms with E-state index in [2.05, 4.69) is 0 Å². The van der Waals surface area contributed by atoms with Gasteiger partial charge in [0.2, 0.25) is 10.0 Å². The molecule has 0 aromatic carbocycles. The van der Waals surface area contributed by atoms with Crippen LogP contribution >= 0.6 is 0 Å². The zero-order valence-electron chi connectivity index (χ0n) is 15.7. The van der Waals surface area contributed by atoms with E-state index in [0.29, 0.717) is 6.42 Å². The third-order valence-corrected chi connectivity index (χ3v) is 9.96. The summed E-state index contributed by atoms with van der Waals surface area (Å²) in [6.07, 6.45) is -7.19. The first-order valence-electron chi connectivity index (χ1n) is 8.39. The number of rotatable bonds is 7. The van der Waals surface area contributed by atoms with Crippen LogP contribution in [0.1, 0.15) is 33.1 Å². The zero-order valence-corrected chi connectivity index (χ0v) is 17.3. The molecule has 2 atom stereocenters. The van der Waals surface area contributed by atoms with Crippen LogP contribution in [-0.2, 0) is 24.8 Å². The lowest BCUT2D eigenvalue weighted by molar-refractivity contribution is -0.382. The van der Waals surface area contributed by atoms with E-state index in [1.807, 2.05) is 0 Å². The maximum atomic E-state index is 13.8. The van der Waals surface area contributed by atoms with Crippen LogP contribution in [0.25, 0.3) is 0 Å². The molecule has 2 rings (SSSR count).